The molecule has 0 spiro atoms. The van der Waals surface area contributed by atoms with E-state index in [9.17, 15) is 0 Å². The molecule has 5 heteroatoms. The van der Waals surface area contributed by atoms with Crippen molar-refractivity contribution < 1.29 is 0 Å². The number of nitrogens with one attached hydrogen (secondary N) is 1. The third kappa shape index (κ3) is 3.14. The van der Waals surface area contributed by atoms with Crippen LogP contribution in [0.4, 0.5) is 0 Å². The van der Waals surface area contributed by atoms with Crippen LogP contribution in [-0.2, 0) is 5.54 Å². The smallest absolute Gasteiger partial charge is 0.118 e. The summed E-state index contributed by atoms with van der Waals surface area (Å²) in [5, 5.41) is 3.21. The molecule has 0 aliphatic carbocycles. The van der Waals surface area contributed by atoms with Crippen molar-refractivity contribution in [2.75, 3.05) is 13.1 Å². The predicted molar refractivity (Wildman–Crippen MR) is 134 cm³/mol. The van der Waals surface area contributed by atoms with Crippen LogP contribution < -0.4 is 10.8 Å². The Morgan fingerprint density at radius 2 is 1.34 bits per heavy atom. The molecule has 0 saturated carbocycles. The van der Waals surface area contributed by atoms with Crippen LogP contribution in [0, 0.1) is 0 Å². The molecule has 1 saturated heterocycles. The maximum atomic E-state index is 6.57. The average molecular weight is 441 g/mol. The topological polar surface area (TPSA) is 44.5 Å². The van der Waals surface area contributed by atoms with Crippen LogP contribution in [0.2, 0.25) is 0 Å². The summed E-state index contributed by atoms with van der Waals surface area (Å²) in [6.45, 7) is 6.23. The minimum Gasteiger partial charge on any atom is -0.400 e. The first kappa shape index (κ1) is 20.8. The molecule has 2 aliphatic rings. The maximum absolute atomic E-state index is 6.57. The van der Waals surface area contributed by atoms with Crippen molar-refractivity contribution in [3.63, 3.8) is 0 Å². The zero-order valence-corrected chi connectivity index (χ0v) is 19.2. The molecule has 5 rings (SSSR count). The van der Waals surface area contributed by atoms with Crippen molar-refractivity contribution in [3.05, 3.63) is 132 Å². The molecule has 162 valence electrons. The van der Waals surface area contributed by atoms with E-state index in [0.29, 0.717) is 0 Å². The number of nitrogens with zero attached hydrogens (tertiary/aromatic N) is 2. The molecule has 2 bridgehead atoms. The fourth-order valence-electron chi connectivity index (χ4n) is 5.40. The summed E-state index contributed by atoms with van der Waals surface area (Å²) in [6.07, 6.45) is 2.23. The Labute approximate surface area is 192 Å². The molecular formula is C27H29N4P. The van der Waals surface area contributed by atoms with Gasteiger partial charge in [0, 0.05) is 18.8 Å². The van der Waals surface area contributed by atoms with Gasteiger partial charge in [-0.3, -0.25) is 5.09 Å². The van der Waals surface area contributed by atoms with E-state index in [1.165, 1.54) is 16.7 Å². The SMILES string of the molecule is C=C1N2CC(C=C(N)C2CNP)N1C(c1ccccc1)(c1ccccc1)c1ccccc1. The van der Waals surface area contributed by atoms with Crippen molar-refractivity contribution >= 4 is 9.39 Å². The molecule has 0 amide bonds. The van der Waals surface area contributed by atoms with Crippen molar-refractivity contribution in [1.29, 1.82) is 0 Å². The molecule has 3 unspecified atom stereocenters. The standard InChI is InChI=1S/C27H29N4P/c1-20-30-19-24(17-25(28)26(30)18-29-32)31(20)27(21-11-5-2-6-12-21,22-13-7-3-8-14-22)23-15-9-4-10-16-23/h2-17,24,26,29H,1,18-19,28,32H2. The van der Waals surface area contributed by atoms with E-state index in [1.807, 2.05) is 0 Å². The van der Waals surface area contributed by atoms with Gasteiger partial charge in [-0.2, -0.15) is 0 Å². The van der Waals surface area contributed by atoms with Gasteiger partial charge in [-0.15, -0.1) is 0 Å². The Morgan fingerprint density at radius 1 is 0.875 bits per heavy atom. The lowest BCUT2D eigenvalue weighted by molar-refractivity contribution is 0.198. The maximum Gasteiger partial charge on any atom is 0.118 e. The van der Waals surface area contributed by atoms with Crippen LogP contribution in [0.15, 0.2) is 115 Å². The van der Waals surface area contributed by atoms with Gasteiger partial charge in [-0.25, -0.2) is 0 Å². The van der Waals surface area contributed by atoms with Gasteiger partial charge in [-0.1, -0.05) is 107 Å². The second-order valence-corrected chi connectivity index (χ2v) is 8.81. The minimum absolute atomic E-state index is 0.0845. The highest BCUT2D eigenvalue weighted by Crippen LogP contribution is 2.49. The summed E-state index contributed by atoms with van der Waals surface area (Å²) >= 11 is 0. The highest BCUT2D eigenvalue weighted by Gasteiger charge is 2.52. The minimum atomic E-state index is -0.541. The highest BCUT2D eigenvalue weighted by molar-refractivity contribution is 7.13. The van der Waals surface area contributed by atoms with E-state index in [0.717, 1.165) is 24.6 Å². The Balaban J connectivity index is 1.80. The van der Waals surface area contributed by atoms with E-state index in [2.05, 4.69) is 128 Å². The van der Waals surface area contributed by atoms with Gasteiger partial charge in [0.1, 0.15) is 5.54 Å². The second-order valence-electron chi connectivity index (χ2n) is 8.41. The van der Waals surface area contributed by atoms with E-state index in [4.69, 9.17) is 5.73 Å². The van der Waals surface area contributed by atoms with Gasteiger partial charge >= 0.3 is 0 Å². The van der Waals surface area contributed by atoms with Gasteiger partial charge < -0.3 is 15.5 Å². The van der Waals surface area contributed by atoms with E-state index in [-0.39, 0.29) is 12.1 Å². The molecule has 1 fully saturated rings. The van der Waals surface area contributed by atoms with Crippen molar-refractivity contribution in [3.8, 4) is 0 Å². The molecule has 3 aromatic carbocycles. The number of fused-ring (bicyclic) bond motifs is 2. The molecule has 3 aromatic rings. The third-order valence-corrected chi connectivity index (χ3v) is 6.95. The molecule has 32 heavy (non-hydrogen) atoms. The van der Waals surface area contributed by atoms with Gasteiger partial charge in [0.15, 0.2) is 0 Å². The average Bonchev–Trinajstić information content (AvgIpc) is 3.11. The Hall–Kier alpha value is -3.07. The van der Waals surface area contributed by atoms with Gasteiger partial charge in [-0.05, 0) is 22.8 Å². The van der Waals surface area contributed by atoms with Crippen LogP contribution in [0.5, 0.6) is 0 Å². The predicted octanol–water partition coefficient (Wildman–Crippen LogP) is 4.04. The van der Waals surface area contributed by atoms with Crippen LogP contribution in [0.3, 0.4) is 0 Å². The van der Waals surface area contributed by atoms with Crippen LogP contribution in [0.25, 0.3) is 0 Å². The first-order chi connectivity index (χ1) is 15.7. The van der Waals surface area contributed by atoms with E-state index in [1.54, 1.807) is 0 Å². The van der Waals surface area contributed by atoms with Crippen LogP contribution in [-0.4, -0.2) is 35.0 Å². The third-order valence-electron chi connectivity index (χ3n) is 6.72. The molecule has 0 aromatic heterocycles. The lowest BCUT2D eigenvalue weighted by Gasteiger charge is -2.47. The van der Waals surface area contributed by atoms with Crippen LogP contribution in [0.1, 0.15) is 16.7 Å². The van der Waals surface area contributed by atoms with Crippen LogP contribution >= 0.6 is 9.39 Å². The van der Waals surface area contributed by atoms with Crippen molar-refractivity contribution in [2.45, 2.75) is 17.6 Å². The lowest BCUT2D eigenvalue weighted by atomic mass is 9.75. The summed E-state index contributed by atoms with van der Waals surface area (Å²) in [7, 11) is 2.59. The van der Waals surface area contributed by atoms with Crippen molar-refractivity contribution in [1.82, 2.24) is 14.9 Å². The monoisotopic (exact) mass is 440 g/mol. The molecule has 2 heterocycles. The second kappa shape index (κ2) is 8.46. The number of benzene rings is 3. The van der Waals surface area contributed by atoms with Crippen molar-refractivity contribution in [2.24, 2.45) is 5.73 Å². The molecule has 2 aliphatic heterocycles. The molecule has 4 nitrogen and oxygen atoms in total. The molecular weight excluding hydrogens is 411 g/mol. The number of hydrogen-bond donors (Lipinski definition) is 2. The highest BCUT2D eigenvalue weighted by atomic mass is 31.0. The molecule has 0 radical (unpaired) electrons. The van der Waals surface area contributed by atoms with Gasteiger partial charge in [0.05, 0.1) is 17.9 Å². The summed E-state index contributed by atoms with van der Waals surface area (Å²) in [6, 6.07) is 32.5. The Bertz CT molecular complexity index is 1020. The Morgan fingerprint density at radius 3 is 1.78 bits per heavy atom. The lowest BCUT2D eigenvalue weighted by Crippen LogP contribution is -2.49. The van der Waals surface area contributed by atoms with Gasteiger partial charge in [0.2, 0.25) is 0 Å². The first-order valence-corrected chi connectivity index (χ1v) is 11.6. The fraction of sp³-hybridized carbons (Fsp3) is 0.185. The van der Waals surface area contributed by atoms with E-state index < -0.39 is 5.54 Å². The zero-order valence-electron chi connectivity index (χ0n) is 18.1. The summed E-state index contributed by atoms with van der Waals surface area (Å²) in [5.41, 5.74) is 10.5. The largest absolute Gasteiger partial charge is 0.400 e. The summed E-state index contributed by atoms with van der Waals surface area (Å²) in [4.78, 5) is 4.82. The normalized spacial score (nSPS) is 20.4. The zero-order chi connectivity index (χ0) is 22.1. The van der Waals surface area contributed by atoms with Gasteiger partial charge in [0.25, 0.3) is 0 Å². The van der Waals surface area contributed by atoms with E-state index >= 15 is 0 Å². The molecule has 3 atom stereocenters. The number of rotatable bonds is 6. The quantitative estimate of drug-likeness (QED) is 0.449. The number of nitrogens with two attached hydrogens (primary N) is 1. The summed E-state index contributed by atoms with van der Waals surface area (Å²) in [5.74, 6) is 0.994. The number of hydrogen-bond acceptors (Lipinski definition) is 4. The fourth-order valence-corrected chi connectivity index (χ4v) is 5.63. The summed E-state index contributed by atoms with van der Waals surface area (Å²) < 4.78 is 0. The first-order valence-electron chi connectivity index (χ1n) is 11.0. The Kier molecular flexibility index (Phi) is 5.50. The molecule has 3 N–H and O–H groups in total.